The van der Waals surface area contributed by atoms with E-state index >= 15 is 0 Å². The molecule has 0 aliphatic carbocycles. The maximum absolute atomic E-state index is 6.27. The first-order valence-corrected chi connectivity index (χ1v) is 11.1. The van der Waals surface area contributed by atoms with Crippen molar-refractivity contribution in [1.82, 2.24) is 15.2 Å². The summed E-state index contributed by atoms with van der Waals surface area (Å²) in [6.45, 7) is 7.95. The van der Waals surface area contributed by atoms with Gasteiger partial charge in [-0.1, -0.05) is 53.0 Å². The van der Waals surface area contributed by atoms with Gasteiger partial charge in [-0.05, 0) is 49.7 Å². The second-order valence-electron chi connectivity index (χ2n) is 7.24. The molecule has 1 unspecified atom stereocenters. The van der Waals surface area contributed by atoms with Crippen LogP contribution in [0, 0.1) is 6.92 Å². The van der Waals surface area contributed by atoms with Gasteiger partial charge >= 0.3 is 0 Å². The summed E-state index contributed by atoms with van der Waals surface area (Å²) in [5.74, 6) is 0.634. The van der Waals surface area contributed by atoms with E-state index < -0.39 is 0 Å². The molecule has 0 fully saturated rings. The van der Waals surface area contributed by atoms with E-state index in [0.717, 1.165) is 22.2 Å². The zero-order valence-electron chi connectivity index (χ0n) is 17.1. The van der Waals surface area contributed by atoms with Gasteiger partial charge < -0.3 is 10.1 Å². The predicted octanol–water partition coefficient (Wildman–Crippen LogP) is 8.10. The average Bonchev–Trinajstić information content (AvgIpc) is 3.15. The van der Waals surface area contributed by atoms with Crippen molar-refractivity contribution in [3.8, 4) is 5.75 Å². The number of halogens is 4. The van der Waals surface area contributed by atoms with Crippen molar-refractivity contribution in [1.29, 1.82) is 0 Å². The summed E-state index contributed by atoms with van der Waals surface area (Å²) in [6.07, 6.45) is 2.70. The zero-order chi connectivity index (χ0) is 23.0. The van der Waals surface area contributed by atoms with Gasteiger partial charge in [-0.15, -0.1) is 0 Å². The average molecular weight is 508 g/mol. The Balaban J connectivity index is 1.62. The normalized spacial score (nSPS) is 12.1. The van der Waals surface area contributed by atoms with Gasteiger partial charge in [0.05, 0.1) is 31.3 Å². The molecule has 2 N–H and O–H groups in total. The fourth-order valence-corrected chi connectivity index (χ4v) is 4.43. The smallest absolute Gasteiger partial charge is 0.124 e. The van der Waals surface area contributed by atoms with Crippen molar-refractivity contribution in [2.24, 2.45) is 0 Å². The minimum atomic E-state index is -0.383. The highest BCUT2D eigenvalue weighted by Crippen LogP contribution is 2.35. The number of benzene rings is 2. The van der Waals surface area contributed by atoms with E-state index in [1.54, 1.807) is 24.5 Å². The Morgan fingerprint density at radius 1 is 1.03 bits per heavy atom. The first-order valence-electron chi connectivity index (χ1n) is 9.60. The van der Waals surface area contributed by atoms with Crippen molar-refractivity contribution in [3.05, 3.63) is 86.2 Å². The maximum atomic E-state index is 6.27. The zero-order valence-corrected chi connectivity index (χ0v) is 20.2. The summed E-state index contributed by atoms with van der Waals surface area (Å²) in [6, 6.07) is 9.19. The number of anilines is 1. The highest BCUT2D eigenvalue weighted by molar-refractivity contribution is 6.42. The van der Waals surface area contributed by atoms with Crippen LogP contribution < -0.4 is 10.1 Å². The molecule has 2 aromatic heterocycles. The Bertz CT molecular complexity index is 1320. The highest BCUT2D eigenvalue weighted by Gasteiger charge is 2.17. The monoisotopic (exact) mass is 506 g/mol. The number of nitrogens with zero attached hydrogens (tertiary/aromatic N) is 2. The summed E-state index contributed by atoms with van der Waals surface area (Å²) in [7, 11) is 0. The van der Waals surface area contributed by atoms with Crippen LogP contribution in [0.25, 0.3) is 16.6 Å². The van der Waals surface area contributed by atoms with E-state index in [1.807, 2.05) is 32.0 Å². The number of aryl methyl sites for hydroxylation is 1. The Hall–Kier alpha value is -2.44. The van der Waals surface area contributed by atoms with Gasteiger partial charge in [-0.25, -0.2) is 0 Å². The molecule has 2 aromatic carbocycles. The van der Waals surface area contributed by atoms with Gasteiger partial charge in [0.1, 0.15) is 17.5 Å². The van der Waals surface area contributed by atoms with Gasteiger partial charge in [0.15, 0.2) is 0 Å². The quantitative estimate of drug-likeness (QED) is 0.276. The molecule has 0 spiro atoms. The van der Waals surface area contributed by atoms with E-state index in [-0.39, 0.29) is 6.10 Å². The predicted molar refractivity (Wildman–Crippen MR) is 133 cm³/mol. The fraction of sp³-hybridized carbons (Fsp3) is 0.130. The number of ether oxygens (including phenoxy) is 1. The molecule has 0 radical (unpaired) electrons. The third kappa shape index (κ3) is 4.52. The van der Waals surface area contributed by atoms with Crippen LogP contribution >= 0.6 is 46.4 Å². The second-order valence-corrected chi connectivity index (χ2v) is 8.87. The summed E-state index contributed by atoms with van der Waals surface area (Å²) in [5, 5.41) is 13.4. The summed E-state index contributed by atoms with van der Waals surface area (Å²) >= 11 is 24.8. The molecule has 9 heteroatoms. The number of fused-ring (bicyclic) bond motifs is 1. The van der Waals surface area contributed by atoms with E-state index in [1.165, 1.54) is 0 Å². The number of hydrogen-bond donors (Lipinski definition) is 2. The van der Waals surface area contributed by atoms with Crippen molar-refractivity contribution >= 4 is 68.7 Å². The number of aromatic amines is 1. The largest absolute Gasteiger partial charge is 0.486 e. The second kappa shape index (κ2) is 9.20. The van der Waals surface area contributed by atoms with Gasteiger partial charge in [-0.3, -0.25) is 10.1 Å². The molecule has 0 amide bonds. The van der Waals surface area contributed by atoms with Crippen LogP contribution in [0.1, 0.15) is 29.8 Å². The molecule has 4 rings (SSSR count). The number of H-pyrrole nitrogens is 1. The molecule has 0 saturated carbocycles. The first-order chi connectivity index (χ1) is 15.2. The number of hydrogen-bond acceptors (Lipinski definition) is 4. The van der Waals surface area contributed by atoms with E-state index in [0.29, 0.717) is 42.8 Å². The number of aromatic nitrogens is 3. The first kappa shape index (κ1) is 22.7. The van der Waals surface area contributed by atoms with Gasteiger partial charge in [0.25, 0.3) is 0 Å². The Morgan fingerprint density at radius 2 is 1.72 bits per heavy atom. The van der Waals surface area contributed by atoms with Crippen LogP contribution in [0.4, 0.5) is 5.69 Å². The van der Waals surface area contributed by atoms with Gasteiger partial charge in [0.2, 0.25) is 0 Å². The molecule has 32 heavy (non-hydrogen) atoms. The van der Waals surface area contributed by atoms with Crippen molar-refractivity contribution in [3.63, 3.8) is 0 Å². The molecule has 0 aliphatic rings. The lowest BCUT2D eigenvalue weighted by atomic mass is 10.1. The van der Waals surface area contributed by atoms with Gasteiger partial charge in [-0.2, -0.15) is 5.10 Å². The SMILES string of the molecule is C=C(Nc1cc(Cl)c(Cl)cc1C)c1n[nH]c2ccc(OC(C)c3c(Cl)cncc3Cl)cc12. The lowest BCUT2D eigenvalue weighted by molar-refractivity contribution is 0.227. The van der Waals surface area contributed by atoms with Crippen LogP contribution in [0.5, 0.6) is 5.75 Å². The minimum absolute atomic E-state index is 0.383. The summed E-state index contributed by atoms with van der Waals surface area (Å²) < 4.78 is 6.12. The number of nitrogens with one attached hydrogen (secondary N) is 2. The molecule has 4 aromatic rings. The van der Waals surface area contributed by atoms with Crippen LogP contribution in [-0.4, -0.2) is 15.2 Å². The molecule has 2 heterocycles. The minimum Gasteiger partial charge on any atom is -0.486 e. The summed E-state index contributed by atoms with van der Waals surface area (Å²) in [4.78, 5) is 3.99. The van der Waals surface area contributed by atoms with Crippen LogP contribution in [0.3, 0.4) is 0 Å². The van der Waals surface area contributed by atoms with Crippen molar-refractivity contribution in [2.75, 3.05) is 5.32 Å². The van der Waals surface area contributed by atoms with Crippen molar-refractivity contribution < 1.29 is 4.74 Å². The third-order valence-corrected chi connectivity index (χ3v) is 6.31. The van der Waals surface area contributed by atoms with Crippen LogP contribution in [-0.2, 0) is 0 Å². The molecule has 164 valence electrons. The van der Waals surface area contributed by atoms with Crippen LogP contribution in [0.2, 0.25) is 20.1 Å². The molecule has 5 nitrogen and oxygen atoms in total. The Labute approximate surface area is 205 Å². The maximum Gasteiger partial charge on any atom is 0.124 e. The molecule has 1 atom stereocenters. The lowest BCUT2D eigenvalue weighted by Crippen LogP contribution is -2.05. The topological polar surface area (TPSA) is 62.8 Å². The number of pyridine rings is 1. The Kier molecular flexibility index (Phi) is 6.54. The van der Waals surface area contributed by atoms with Crippen LogP contribution in [0.15, 0.2) is 49.3 Å². The lowest BCUT2D eigenvalue weighted by Gasteiger charge is -2.17. The molecule has 0 aliphatic heterocycles. The summed E-state index contributed by atoms with van der Waals surface area (Å²) in [5.41, 5.74) is 4.51. The molecule has 0 saturated heterocycles. The molecule has 0 bridgehead atoms. The number of rotatable bonds is 6. The fourth-order valence-electron chi connectivity index (χ4n) is 3.37. The molecular weight excluding hydrogens is 490 g/mol. The highest BCUT2D eigenvalue weighted by atomic mass is 35.5. The van der Waals surface area contributed by atoms with E-state index in [4.69, 9.17) is 51.1 Å². The van der Waals surface area contributed by atoms with E-state index in [2.05, 4.69) is 27.1 Å². The standard InChI is InChI=1S/C23H18Cl4N4O/c1-11-6-16(24)17(25)8-21(11)29-12(2)23-15-7-14(4-5-20(15)30-31-23)32-13(3)22-18(26)9-28-10-19(22)27/h4-10,13,29H,2H2,1,3H3,(H,30,31). The van der Waals surface area contributed by atoms with E-state index in [9.17, 15) is 0 Å². The third-order valence-electron chi connectivity index (χ3n) is 4.98. The van der Waals surface area contributed by atoms with Crippen molar-refractivity contribution in [2.45, 2.75) is 20.0 Å². The Morgan fingerprint density at radius 3 is 2.44 bits per heavy atom. The van der Waals surface area contributed by atoms with Gasteiger partial charge in [0, 0.05) is 29.0 Å². The molecular formula is C23H18Cl4N4O.